The Kier molecular flexibility index (Phi) is 4.47. The van der Waals surface area contributed by atoms with Gasteiger partial charge in [0.2, 0.25) is 5.91 Å². The summed E-state index contributed by atoms with van der Waals surface area (Å²) in [6.07, 6.45) is -0.839. The van der Waals surface area contributed by atoms with Crippen LogP contribution in [-0.2, 0) is 20.9 Å². The maximum Gasteiger partial charge on any atom is 0.330 e. The molecule has 1 N–H and O–H groups in total. The minimum atomic E-state index is -1.02. The van der Waals surface area contributed by atoms with Crippen LogP contribution < -0.4 is 0 Å². The van der Waals surface area contributed by atoms with Crippen molar-refractivity contribution >= 4 is 39.6 Å². The molecule has 0 aromatic heterocycles. The number of aliphatic hydroxyl groups is 1. The van der Waals surface area contributed by atoms with Crippen molar-refractivity contribution in [2.24, 2.45) is 0 Å². The third kappa shape index (κ3) is 2.57. The number of nitrogens with zero attached hydrogens (tertiary/aromatic N) is 1. The highest BCUT2D eigenvalue weighted by molar-refractivity contribution is 9.10. The highest BCUT2D eigenvalue weighted by atomic mass is 79.9. The van der Waals surface area contributed by atoms with Gasteiger partial charge in [0.15, 0.2) is 4.32 Å². The molecule has 0 aliphatic carbocycles. The topological polar surface area (TPSA) is 66.8 Å². The van der Waals surface area contributed by atoms with Crippen molar-refractivity contribution in [3.05, 3.63) is 35.9 Å². The maximum absolute atomic E-state index is 12.6. The van der Waals surface area contributed by atoms with E-state index in [0.717, 1.165) is 5.56 Å². The van der Waals surface area contributed by atoms with Gasteiger partial charge in [-0.05, 0) is 26.3 Å². The van der Waals surface area contributed by atoms with Gasteiger partial charge >= 0.3 is 5.97 Å². The molecule has 2 aliphatic rings. The first-order valence-electron chi connectivity index (χ1n) is 7.77. The molecule has 1 aromatic carbocycles. The lowest BCUT2D eigenvalue weighted by Gasteiger charge is -2.51. The van der Waals surface area contributed by atoms with Crippen molar-refractivity contribution in [2.45, 2.75) is 54.0 Å². The van der Waals surface area contributed by atoms with Gasteiger partial charge in [0.1, 0.15) is 18.0 Å². The van der Waals surface area contributed by atoms with Gasteiger partial charge in [-0.25, -0.2) is 4.79 Å². The first kappa shape index (κ1) is 17.8. The highest BCUT2D eigenvalue weighted by Crippen LogP contribution is 2.59. The van der Waals surface area contributed by atoms with E-state index in [9.17, 15) is 14.7 Å². The molecule has 0 radical (unpaired) electrons. The van der Waals surface area contributed by atoms with Crippen molar-refractivity contribution in [2.75, 3.05) is 0 Å². The Bertz CT molecular complexity index is 666. The summed E-state index contributed by atoms with van der Waals surface area (Å²) in [5.74, 6) is -0.672. The monoisotopic (exact) mass is 413 g/mol. The molecule has 2 fully saturated rings. The average Bonchev–Trinajstić information content (AvgIpc) is 2.82. The smallest absolute Gasteiger partial charge is 0.330 e. The van der Waals surface area contributed by atoms with E-state index in [1.807, 2.05) is 44.2 Å². The van der Waals surface area contributed by atoms with E-state index in [1.165, 1.54) is 11.8 Å². The number of fused-ring (bicyclic) bond motifs is 1. The fourth-order valence-electron chi connectivity index (χ4n) is 3.22. The van der Waals surface area contributed by atoms with Crippen molar-refractivity contribution in [3.8, 4) is 0 Å². The molecule has 7 heteroatoms. The highest BCUT2D eigenvalue weighted by Gasteiger charge is 2.72. The molecule has 1 aromatic rings. The Balaban J connectivity index is 1.76. The molecule has 5 nitrogen and oxygen atoms in total. The van der Waals surface area contributed by atoms with E-state index in [-0.39, 0.29) is 17.9 Å². The number of carbonyl (C=O) groups is 2. The lowest BCUT2D eigenvalue weighted by atomic mass is 9.88. The van der Waals surface area contributed by atoms with Crippen LogP contribution >= 0.6 is 27.7 Å². The minimum absolute atomic E-state index is 0.180. The van der Waals surface area contributed by atoms with Crippen LogP contribution in [0.5, 0.6) is 0 Å². The summed E-state index contributed by atoms with van der Waals surface area (Å²) in [4.78, 5) is 26.8. The molecule has 2 aliphatic heterocycles. The standard InChI is InChI=1S/C17H20BrNO4S/c1-10(20)17(18)14(22)19-12(16(2,3)24-15(17)19)13(21)23-9-11-7-5-4-6-8-11/h4-8,10,12,15,20H,9H2,1-3H3/t10?,12-,15+,17+/m0/s1. The third-order valence-electron chi connectivity index (χ3n) is 4.58. The van der Waals surface area contributed by atoms with E-state index < -0.39 is 27.2 Å². The van der Waals surface area contributed by atoms with Crippen LogP contribution in [0.1, 0.15) is 26.3 Å². The lowest BCUT2D eigenvalue weighted by Crippen LogP contribution is -2.74. The number of benzene rings is 1. The molecule has 2 saturated heterocycles. The molecule has 3 rings (SSSR count). The van der Waals surface area contributed by atoms with Crippen molar-refractivity contribution in [1.29, 1.82) is 0 Å². The van der Waals surface area contributed by atoms with Crippen molar-refractivity contribution < 1.29 is 19.4 Å². The Morgan fingerprint density at radius 1 is 1.42 bits per heavy atom. The van der Waals surface area contributed by atoms with Gasteiger partial charge in [0.05, 0.1) is 6.10 Å². The fourth-order valence-corrected chi connectivity index (χ4v) is 5.64. The molecule has 130 valence electrons. The first-order chi connectivity index (χ1) is 11.2. The van der Waals surface area contributed by atoms with Crippen molar-refractivity contribution in [3.63, 3.8) is 0 Å². The average molecular weight is 414 g/mol. The van der Waals surface area contributed by atoms with Crippen LogP contribution in [0.4, 0.5) is 0 Å². The Hall–Kier alpha value is -1.05. The zero-order chi connectivity index (χ0) is 17.7. The summed E-state index contributed by atoms with van der Waals surface area (Å²) >= 11 is 4.91. The van der Waals surface area contributed by atoms with Gasteiger partial charge in [-0.15, -0.1) is 11.8 Å². The van der Waals surface area contributed by atoms with Crippen LogP contribution in [0.25, 0.3) is 0 Å². The normalized spacial score (nSPS) is 32.0. The number of β-lactam (4-membered cyclic amide) rings is 1. The summed E-state index contributed by atoms with van der Waals surface area (Å²) in [5.41, 5.74) is 0.902. The first-order valence-corrected chi connectivity index (χ1v) is 9.45. The number of aliphatic hydroxyl groups excluding tert-OH is 1. The molecular weight excluding hydrogens is 394 g/mol. The predicted octanol–water partition coefficient (Wildman–Crippen LogP) is 2.31. The molecule has 4 atom stereocenters. The van der Waals surface area contributed by atoms with Gasteiger partial charge in [0.25, 0.3) is 0 Å². The molecule has 2 heterocycles. The summed E-state index contributed by atoms with van der Waals surface area (Å²) in [6.45, 7) is 5.61. The number of hydrogen-bond acceptors (Lipinski definition) is 5. The molecule has 0 bridgehead atoms. The lowest BCUT2D eigenvalue weighted by molar-refractivity contribution is -0.167. The molecule has 1 unspecified atom stereocenters. The SMILES string of the molecule is CC(O)[C@@]1(Br)C(=O)N2[C@@H](C(=O)OCc3ccccc3)C(C)(C)S[C@@H]21. The number of alkyl halides is 1. The summed E-state index contributed by atoms with van der Waals surface area (Å²) < 4.78 is 3.94. The van der Waals surface area contributed by atoms with E-state index in [4.69, 9.17) is 4.74 Å². The molecule has 0 saturated carbocycles. The number of halogens is 1. The zero-order valence-corrected chi connectivity index (χ0v) is 16.1. The zero-order valence-electron chi connectivity index (χ0n) is 13.7. The van der Waals surface area contributed by atoms with Gasteiger partial charge in [-0.2, -0.15) is 0 Å². The van der Waals surface area contributed by atoms with E-state index in [0.29, 0.717) is 0 Å². The number of thioether (sulfide) groups is 1. The Labute approximate surface area is 153 Å². The number of rotatable bonds is 4. The predicted molar refractivity (Wildman–Crippen MR) is 95.7 cm³/mol. The second kappa shape index (κ2) is 6.04. The molecular formula is C17H20BrNO4S. The summed E-state index contributed by atoms with van der Waals surface area (Å²) in [5, 5.41) is 9.69. The van der Waals surface area contributed by atoms with Crippen molar-refractivity contribution in [1.82, 2.24) is 4.90 Å². The number of carbonyl (C=O) groups excluding carboxylic acids is 2. The fraction of sp³-hybridized carbons (Fsp3) is 0.529. The Morgan fingerprint density at radius 2 is 2.04 bits per heavy atom. The summed E-state index contributed by atoms with van der Waals surface area (Å²) in [7, 11) is 0. The van der Waals surface area contributed by atoms with Gasteiger partial charge in [-0.3, -0.25) is 4.79 Å². The number of hydrogen-bond donors (Lipinski definition) is 1. The second-order valence-corrected chi connectivity index (χ2v) is 9.77. The van der Waals surface area contributed by atoms with Crippen LogP contribution in [0.3, 0.4) is 0 Å². The summed E-state index contributed by atoms with van der Waals surface area (Å²) in [6, 6.07) is 8.78. The molecule has 1 amide bonds. The van der Waals surface area contributed by atoms with Gasteiger partial charge in [0, 0.05) is 4.75 Å². The van der Waals surface area contributed by atoms with E-state index in [2.05, 4.69) is 15.9 Å². The Morgan fingerprint density at radius 3 is 2.62 bits per heavy atom. The van der Waals surface area contributed by atoms with Crippen LogP contribution in [0.2, 0.25) is 0 Å². The third-order valence-corrected chi connectivity index (χ3v) is 7.97. The molecule has 0 spiro atoms. The second-order valence-electron chi connectivity index (χ2n) is 6.73. The number of amides is 1. The number of ether oxygens (including phenoxy) is 1. The number of esters is 1. The van der Waals surface area contributed by atoms with Gasteiger partial charge < -0.3 is 14.7 Å². The van der Waals surface area contributed by atoms with E-state index >= 15 is 0 Å². The molecule has 24 heavy (non-hydrogen) atoms. The quantitative estimate of drug-likeness (QED) is 0.465. The van der Waals surface area contributed by atoms with E-state index in [1.54, 1.807) is 11.8 Å². The maximum atomic E-state index is 12.6. The van der Waals surface area contributed by atoms with Gasteiger partial charge in [-0.1, -0.05) is 46.3 Å². The largest absolute Gasteiger partial charge is 0.459 e. The van der Waals surface area contributed by atoms with Crippen LogP contribution in [-0.4, -0.2) is 48.5 Å². The minimum Gasteiger partial charge on any atom is -0.459 e. The van der Waals surface area contributed by atoms with Crippen LogP contribution in [0, 0.1) is 0 Å². The van der Waals surface area contributed by atoms with Crippen LogP contribution in [0.15, 0.2) is 30.3 Å².